The molecule has 22 heavy (non-hydrogen) atoms. The molecule has 8 heteroatoms. The molecular formula is C14H27N5O3. The Morgan fingerprint density at radius 2 is 2.23 bits per heavy atom. The number of aromatic amines is 1. The van der Waals surface area contributed by atoms with Gasteiger partial charge in [0.15, 0.2) is 0 Å². The van der Waals surface area contributed by atoms with E-state index in [1.165, 1.54) is 6.33 Å². The Kier molecular flexibility index (Phi) is 7.83. The van der Waals surface area contributed by atoms with Gasteiger partial charge in [0, 0.05) is 19.7 Å². The van der Waals surface area contributed by atoms with Gasteiger partial charge in [0.05, 0.1) is 13.2 Å². The van der Waals surface area contributed by atoms with Crippen molar-refractivity contribution in [1.29, 1.82) is 0 Å². The van der Waals surface area contributed by atoms with Crippen LogP contribution in [0, 0.1) is 0 Å². The molecule has 3 N–H and O–H groups in total. The van der Waals surface area contributed by atoms with E-state index in [0.29, 0.717) is 19.7 Å². The molecule has 1 atom stereocenters. The topological polar surface area (TPSA) is 101 Å². The van der Waals surface area contributed by atoms with E-state index < -0.39 is 5.60 Å². The monoisotopic (exact) mass is 313 g/mol. The predicted molar refractivity (Wildman–Crippen MR) is 82.4 cm³/mol. The Labute approximate surface area is 131 Å². The zero-order valence-electron chi connectivity index (χ0n) is 13.8. The third-order valence-corrected chi connectivity index (χ3v) is 2.79. The Morgan fingerprint density at radius 1 is 1.45 bits per heavy atom. The first-order chi connectivity index (χ1) is 10.4. The van der Waals surface area contributed by atoms with E-state index in [1.54, 1.807) is 7.11 Å². The second-order valence-electron chi connectivity index (χ2n) is 6.04. The lowest BCUT2D eigenvalue weighted by atomic mass is 10.1. The van der Waals surface area contributed by atoms with Crippen LogP contribution in [-0.4, -0.2) is 53.2 Å². The van der Waals surface area contributed by atoms with Gasteiger partial charge >= 0.3 is 6.09 Å². The predicted octanol–water partition coefficient (Wildman–Crippen LogP) is 1.21. The fourth-order valence-corrected chi connectivity index (χ4v) is 1.86. The smallest absolute Gasteiger partial charge is 0.407 e. The molecule has 0 bridgehead atoms. The summed E-state index contributed by atoms with van der Waals surface area (Å²) in [6.07, 6.45) is 2.80. The van der Waals surface area contributed by atoms with Crippen molar-refractivity contribution in [1.82, 2.24) is 25.8 Å². The highest BCUT2D eigenvalue weighted by atomic mass is 16.6. The summed E-state index contributed by atoms with van der Waals surface area (Å²) in [5, 5.41) is 12.7. The van der Waals surface area contributed by atoms with Gasteiger partial charge in [0.1, 0.15) is 17.8 Å². The lowest BCUT2D eigenvalue weighted by Gasteiger charge is -2.20. The van der Waals surface area contributed by atoms with Crippen molar-refractivity contribution in [2.24, 2.45) is 0 Å². The molecule has 0 saturated carbocycles. The maximum atomic E-state index is 11.5. The zero-order valence-corrected chi connectivity index (χ0v) is 13.8. The molecule has 8 nitrogen and oxygen atoms in total. The summed E-state index contributed by atoms with van der Waals surface area (Å²) in [7, 11) is 1.67. The van der Waals surface area contributed by atoms with Gasteiger partial charge in [-0.2, -0.15) is 5.10 Å². The number of rotatable bonds is 9. The molecule has 0 radical (unpaired) electrons. The molecule has 0 aliphatic heterocycles. The van der Waals surface area contributed by atoms with Crippen LogP contribution in [0.3, 0.4) is 0 Å². The standard InChI is InChI=1S/C14H27N5O3/c1-14(2,3)22-13(20)15-7-5-6-11(9-21-4)16-8-12-17-10-18-19-12/h10-11,16H,5-9H2,1-4H3,(H,15,20)(H,17,18,19). The second-order valence-corrected chi connectivity index (χ2v) is 6.04. The molecule has 1 aromatic heterocycles. The van der Waals surface area contributed by atoms with E-state index in [1.807, 2.05) is 20.8 Å². The van der Waals surface area contributed by atoms with Gasteiger partial charge in [-0.3, -0.25) is 5.10 Å². The Balaban J connectivity index is 2.19. The minimum absolute atomic E-state index is 0.190. The van der Waals surface area contributed by atoms with Crippen LogP contribution in [0.15, 0.2) is 6.33 Å². The zero-order chi connectivity index (χ0) is 16.4. The van der Waals surface area contributed by atoms with Gasteiger partial charge < -0.3 is 20.1 Å². The summed E-state index contributed by atoms with van der Waals surface area (Å²) in [4.78, 5) is 15.6. The first-order valence-corrected chi connectivity index (χ1v) is 7.44. The summed E-state index contributed by atoms with van der Waals surface area (Å²) in [5.41, 5.74) is -0.471. The van der Waals surface area contributed by atoms with Crippen LogP contribution in [0.1, 0.15) is 39.4 Å². The summed E-state index contributed by atoms with van der Waals surface area (Å²) >= 11 is 0. The van der Waals surface area contributed by atoms with Gasteiger partial charge in [-0.05, 0) is 33.6 Å². The number of amides is 1. The number of carbonyl (C=O) groups is 1. The van der Waals surface area contributed by atoms with Crippen molar-refractivity contribution in [2.45, 2.75) is 51.8 Å². The van der Waals surface area contributed by atoms with E-state index in [9.17, 15) is 4.79 Å². The van der Waals surface area contributed by atoms with Crippen molar-refractivity contribution in [2.75, 3.05) is 20.3 Å². The molecule has 1 rings (SSSR count). The third kappa shape index (κ3) is 8.58. The summed E-state index contributed by atoms with van der Waals surface area (Å²) in [6.45, 7) is 7.30. The number of nitrogens with one attached hydrogen (secondary N) is 3. The van der Waals surface area contributed by atoms with Crippen LogP contribution in [0.4, 0.5) is 4.79 Å². The quantitative estimate of drug-likeness (QED) is 0.593. The number of alkyl carbamates (subject to hydrolysis) is 1. The molecule has 0 fully saturated rings. The van der Waals surface area contributed by atoms with Crippen LogP contribution in [0.5, 0.6) is 0 Å². The number of aromatic nitrogens is 3. The molecule has 0 aliphatic carbocycles. The molecule has 1 heterocycles. The lowest BCUT2D eigenvalue weighted by molar-refractivity contribution is 0.0526. The Hall–Kier alpha value is -1.67. The number of ether oxygens (including phenoxy) is 2. The van der Waals surface area contributed by atoms with Gasteiger partial charge in [0.2, 0.25) is 0 Å². The van der Waals surface area contributed by atoms with E-state index in [0.717, 1.165) is 18.7 Å². The van der Waals surface area contributed by atoms with Crippen LogP contribution < -0.4 is 10.6 Å². The van der Waals surface area contributed by atoms with E-state index in [4.69, 9.17) is 9.47 Å². The van der Waals surface area contributed by atoms with Crippen molar-refractivity contribution in [3.8, 4) is 0 Å². The molecule has 126 valence electrons. The number of methoxy groups -OCH3 is 1. The van der Waals surface area contributed by atoms with Crippen molar-refractivity contribution in [3.05, 3.63) is 12.2 Å². The van der Waals surface area contributed by atoms with Crippen LogP contribution in [0.25, 0.3) is 0 Å². The number of hydrogen-bond acceptors (Lipinski definition) is 6. The lowest BCUT2D eigenvalue weighted by Crippen LogP contribution is -2.36. The van der Waals surface area contributed by atoms with Crippen molar-refractivity contribution in [3.63, 3.8) is 0 Å². The SMILES string of the molecule is COCC(CCCNC(=O)OC(C)(C)C)NCc1ncn[nH]1. The largest absolute Gasteiger partial charge is 0.444 e. The molecule has 0 aliphatic rings. The van der Waals surface area contributed by atoms with Crippen molar-refractivity contribution >= 4 is 6.09 Å². The van der Waals surface area contributed by atoms with Gasteiger partial charge in [-0.25, -0.2) is 9.78 Å². The average Bonchev–Trinajstić information content (AvgIpc) is 2.92. The minimum atomic E-state index is -0.471. The minimum Gasteiger partial charge on any atom is -0.444 e. The highest BCUT2D eigenvalue weighted by Gasteiger charge is 2.15. The molecule has 1 amide bonds. The van der Waals surface area contributed by atoms with Crippen LogP contribution in [-0.2, 0) is 16.0 Å². The average molecular weight is 313 g/mol. The normalized spacial score (nSPS) is 12.9. The molecular weight excluding hydrogens is 286 g/mol. The first-order valence-electron chi connectivity index (χ1n) is 7.44. The van der Waals surface area contributed by atoms with Crippen molar-refractivity contribution < 1.29 is 14.3 Å². The maximum Gasteiger partial charge on any atom is 0.407 e. The maximum absolute atomic E-state index is 11.5. The van der Waals surface area contributed by atoms with E-state index in [-0.39, 0.29) is 12.1 Å². The fourth-order valence-electron chi connectivity index (χ4n) is 1.86. The van der Waals surface area contributed by atoms with Gasteiger partial charge in [-0.1, -0.05) is 0 Å². The van der Waals surface area contributed by atoms with Gasteiger partial charge in [-0.15, -0.1) is 0 Å². The summed E-state index contributed by atoms with van der Waals surface area (Å²) in [6, 6.07) is 0.190. The number of carbonyl (C=O) groups excluding carboxylic acids is 1. The highest BCUT2D eigenvalue weighted by molar-refractivity contribution is 5.67. The molecule has 0 spiro atoms. The first kappa shape index (κ1) is 18.4. The summed E-state index contributed by atoms with van der Waals surface area (Å²) in [5.74, 6) is 0.785. The second kappa shape index (κ2) is 9.37. The molecule has 0 saturated heterocycles. The highest BCUT2D eigenvalue weighted by Crippen LogP contribution is 2.06. The van der Waals surface area contributed by atoms with E-state index in [2.05, 4.69) is 25.8 Å². The number of H-pyrrole nitrogens is 1. The van der Waals surface area contributed by atoms with E-state index >= 15 is 0 Å². The Bertz CT molecular complexity index is 417. The third-order valence-electron chi connectivity index (χ3n) is 2.79. The molecule has 0 aromatic carbocycles. The number of nitrogens with zero attached hydrogens (tertiary/aromatic N) is 2. The molecule has 1 aromatic rings. The fraction of sp³-hybridized carbons (Fsp3) is 0.786. The Morgan fingerprint density at radius 3 is 2.82 bits per heavy atom. The summed E-state index contributed by atoms with van der Waals surface area (Å²) < 4.78 is 10.4. The van der Waals surface area contributed by atoms with Crippen LogP contribution in [0.2, 0.25) is 0 Å². The van der Waals surface area contributed by atoms with Gasteiger partial charge in [0.25, 0.3) is 0 Å². The molecule has 1 unspecified atom stereocenters. The number of hydrogen-bond donors (Lipinski definition) is 3. The van der Waals surface area contributed by atoms with Crippen LogP contribution >= 0.6 is 0 Å².